The standard InChI is InChI=1S/C18H19FN2O3S/c19-17-9-2-1-6-15(17)13-20-18(22)14-7-5-8-16(12-14)25(23,24)21-10-3-4-11-21/h1-2,5-9,12H,3-4,10-11,13H2,(H,20,22). The number of nitrogens with zero attached hydrogens (tertiary/aromatic N) is 1. The van der Waals surface area contributed by atoms with Gasteiger partial charge in [-0.25, -0.2) is 12.8 Å². The molecule has 7 heteroatoms. The van der Waals surface area contributed by atoms with Crippen molar-refractivity contribution >= 4 is 15.9 Å². The van der Waals surface area contributed by atoms with E-state index in [4.69, 9.17) is 0 Å². The second-order valence-corrected chi connectivity index (χ2v) is 7.85. The van der Waals surface area contributed by atoms with Crippen molar-refractivity contribution in [2.75, 3.05) is 13.1 Å². The molecular weight excluding hydrogens is 343 g/mol. The topological polar surface area (TPSA) is 66.5 Å². The Hall–Kier alpha value is -2.25. The van der Waals surface area contributed by atoms with Crippen LogP contribution in [0.4, 0.5) is 4.39 Å². The highest BCUT2D eigenvalue weighted by atomic mass is 32.2. The number of halogens is 1. The van der Waals surface area contributed by atoms with Crippen LogP contribution in [-0.2, 0) is 16.6 Å². The molecule has 0 bridgehead atoms. The summed E-state index contributed by atoms with van der Waals surface area (Å²) >= 11 is 0. The van der Waals surface area contributed by atoms with Crippen LogP contribution in [0.1, 0.15) is 28.8 Å². The van der Waals surface area contributed by atoms with Crippen molar-refractivity contribution in [3.05, 3.63) is 65.5 Å². The first-order valence-corrected chi connectivity index (χ1v) is 9.54. The van der Waals surface area contributed by atoms with E-state index in [1.54, 1.807) is 30.3 Å². The first-order valence-electron chi connectivity index (χ1n) is 8.10. The number of carbonyl (C=O) groups is 1. The molecule has 2 aromatic carbocycles. The molecule has 0 radical (unpaired) electrons. The van der Waals surface area contributed by atoms with Crippen molar-refractivity contribution in [2.45, 2.75) is 24.3 Å². The van der Waals surface area contributed by atoms with E-state index >= 15 is 0 Å². The SMILES string of the molecule is O=C(NCc1ccccc1F)c1cccc(S(=O)(=O)N2CCCC2)c1. The Balaban J connectivity index is 1.74. The predicted molar refractivity (Wildman–Crippen MR) is 92.0 cm³/mol. The van der Waals surface area contributed by atoms with Gasteiger partial charge in [0, 0.05) is 30.8 Å². The number of carbonyl (C=O) groups excluding carboxylic acids is 1. The molecule has 1 aliphatic rings. The van der Waals surface area contributed by atoms with Crippen LogP contribution in [0.5, 0.6) is 0 Å². The van der Waals surface area contributed by atoms with Crippen LogP contribution >= 0.6 is 0 Å². The van der Waals surface area contributed by atoms with Gasteiger partial charge >= 0.3 is 0 Å². The summed E-state index contributed by atoms with van der Waals surface area (Å²) in [6.45, 7) is 1.05. The van der Waals surface area contributed by atoms with Crippen molar-refractivity contribution in [3.8, 4) is 0 Å². The molecule has 0 saturated carbocycles. The maximum absolute atomic E-state index is 13.6. The minimum Gasteiger partial charge on any atom is -0.348 e. The summed E-state index contributed by atoms with van der Waals surface area (Å²) in [5, 5.41) is 2.62. The molecule has 1 saturated heterocycles. The average Bonchev–Trinajstić information content (AvgIpc) is 3.16. The number of nitrogens with one attached hydrogen (secondary N) is 1. The number of sulfonamides is 1. The van der Waals surface area contributed by atoms with Gasteiger partial charge in [-0.05, 0) is 37.1 Å². The number of hydrogen-bond donors (Lipinski definition) is 1. The van der Waals surface area contributed by atoms with E-state index in [2.05, 4.69) is 5.32 Å². The highest BCUT2D eigenvalue weighted by molar-refractivity contribution is 7.89. The molecule has 1 aliphatic heterocycles. The van der Waals surface area contributed by atoms with E-state index in [-0.39, 0.29) is 17.0 Å². The third-order valence-electron chi connectivity index (χ3n) is 4.20. The van der Waals surface area contributed by atoms with Gasteiger partial charge in [0.1, 0.15) is 5.82 Å². The maximum Gasteiger partial charge on any atom is 0.251 e. The second-order valence-electron chi connectivity index (χ2n) is 5.91. The molecular formula is C18H19FN2O3S. The van der Waals surface area contributed by atoms with Gasteiger partial charge < -0.3 is 5.32 Å². The predicted octanol–water partition coefficient (Wildman–Crippen LogP) is 2.54. The molecule has 3 rings (SSSR count). The van der Waals surface area contributed by atoms with Crippen molar-refractivity contribution in [1.82, 2.24) is 9.62 Å². The van der Waals surface area contributed by atoms with Gasteiger partial charge in [0.05, 0.1) is 4.90 Å². The fourth-order valence-corrected chi connectivity index (χ4v) is 4.36. The first-order chi connectivity index (χ1) is 12.0. The molecule has 1 amide bonds. The van der Waals surface area contributed by atoms with Crippen LogP contribution in [0.25, 0.3) is 0 Å². The number of amides is 1. The van der Waals surface area contributed by atoms with E-state index in [1.807, 2.05) is 0 Å². The van der Waals surface area contributed by atoms with Gasteiger partial charge in [-0.2, -0.15) is 4.31 Å². The molecule has 25 heavy (non-hydrogen) atoms. The maximum atomic E-state index is 13.6. The smallest absolute Gasteiger partial charge is 0.251 e. The molecule has 1 N–H and O–H groups in total. The Bertz CT molecular complexity index is 877. The van der Waals surface area contributed by atoms with E-state index in [0.717, 1.165) is 12.8 Å². The third kappa shape index (κ3) is 3.88. The van der Waals surface area contributed by atoms with E-state index in [1.165, 1.54) is 22.5 Å². The molecule has 0 aromatic heterocycles. The Morgan fingerprint density at radius 2 is 1.80 bits per heavy atom. The fourth-order valence-electron chi connectivity index (χ4n) is 2.79. The number of benzene rings is 2. The monoisotopic (exact) mass is 362 g/mol. The fraction of sp³-hybridized carbons (Fsp3) is 0.278. The van der Waals surface area contributed by atoms with Crippen LogP contribution in [0, 0.1) is 5.82 Å². The van der Waals surface area contributed by atoms with Crippen molar-refractivity contribution < 1.29 is 17.6 Å². The van der Waals surface area contributed by atoms with Crippen molar-refractivity contribution in [2.24, 2.45) is 0 Å². The Morgan fingerprint density at radius 3 is 2.52 bits per heavy atom. The largest absolute Gasteiger partial charge is 0.348 e. The highest BCUT2D eigenvalue weighted by Crippen LogP contribution is 2.21. The highest BCUT2D eigenvalue weighted by Gasteiger charge is 2.27. The Morgan fingerprint density at radius 1 is 1.08 bits per heavy atom. The number of hydrogen-bond acceptors (Lipinski definition) is 3. The zero-order chi connectivity index (χ0) is 17.9. The summed E-state index contributed by atoms with van der Waals surface area (Å²) < 4.78 is 40.2. The molecule has 0 unspecified atom stereocenters. The van der Waals surface area contributed by atoms with Crippen LogP contribution in [0.2, 0.25) is 0 Å². The Labute approximate surface area is 146 Å². The van der Waals surface area contributed by atoms with E-state index < -0.39 is 21.7 Å². The molecule has 0 aliphatic carbocycles. The van der Waals surface area contributed by atoms with Gasteiger partial charge in [0.2, 0.25) is 10.0 Å². The van der Waals surface area contributed by atoms with Crippen LogP contribution in [0.15, 0.2) is 53.4 Å². The van der Waals surface area contributed by atoms with Gasteiger partial charge in [-0.15, -0.1) is 0 Å². The van der Waals surface area contributed by atoms with E-state index in [9.17, 15) is 17.6 Å². The minimum absolute atomic E-state index is 0.0363. The summed E-state index contributed by atoms with van der Waals surface area (Å²) in [7, 11) is -3.58. The second kappa shape index (κ2) is 7.33. The van der Waals surface area contributed by atoms with Crippen molar-refractivity contribution in [1.29, 1.82) is 0 Å². The Kier molecular flexibility index (Phi) is 5.15. The summed E-state index contributed by atoms with van der Waals surface area (Å²) in [5.74, 6) is -0.838. The normalized spacial score (nSPS) is 15.2. The number of rotatable bonds is 5. The lowest BCUT2D eigenvalue weighted by molar-refractivity contribution is 0.0950. The quantitative estimate of drug-likeness (QED) is 0.889. The van der Waals surface area contributed by atoms with Crippen LogP contribution in [0.3, 0.4) is 0 Å². The molecule has 0 atom stereocenters. The zero-order valence-corrected chi connectivity index (χ0v) is 14.4. The first kappa shape index (κ1) is 17.6. The lowest BCUT2D eigenvalue weighted by atomic mass is 10.2. The van der Waals surface area contributed by atoms with Crippen molar-refractivity contribution in [3.63, 3.8) is 0 Å². The van der Waals surface area contributed by atoms with Gasteiger partial charge in [-0.1, -0.05) is 24.3 Å². The summed E-state index contributed by atoms with van der Waals surface area (Å²) in [6.07, 6.45) is 1.70. The third-order valence-corrected chi connectivity index (χ3v) is 6.09. The summed E-state index contributed by atoms with van der Waals surface area (Å²) in [6, 6.07) is 12.1. The lowest BCUT2D eigenvalue weighted by Crippen LogP contribution is -2.28. The van der Waals surface area contributed by atoms with Gasteiger partial charge in [0.15, 0.2) is 0 Å². The molecule has 5 nitrogen and oxygen atoms in total. The molecule has 2 aromatic rings. The van der Waals surface area contributed by atoms with Crippen LogP contribution in [-0.4, -0.2) is 31.7 Å². The van der Waals surface area contributed by atoms with Crippen LogP contribution < -0.4 is 5.32 Å². The summed E-state index contributed by atoms with van der Waals surface area (Å²) in [4.78, 5) is 12.4. The molecule has 1 fully saturated rings. The van der Waals surface area contributed by atoms with Gasteiger partial charge in [0.25, 0.3) is 5.91 Å². The summed E-state index contributed by atoms with van der Waals surface area (Å²) in [5.41, 5.74) is 0.605. The minimum atomic E-state index is -3.58. The molecule has 1 heterocycles. The lowest BCUT2D eigenvalue weighted by Gasteiger charge is -2.16. The zero-order valence-electron chi connectivity index (χ0n) is 13.6. The molecule has 132 valence electrons. The van der Waals surface area contributed by atoms with Gasteiger partial charge in [-0.3, -0.25) is 4.79 Å². The molecule has 0 spiro atoms. The van der Waals surface area contributed by atoms with E-state index in [0.29, 0.717) is 18.7 Å². The average molecular weight is 362 g/mol.